The van der Waals surface area contributed by atoms with Gasteiger partial charge in [0.05, 0.1) is 0 Å². The van der Waals surface area contributed by atoms with Gasteiger partial charge >= 0.3 is 0 Å². The van der Waals surface area contributed by atoms with Gasteiger partial charge in [-0.15, -0.1) is 5.56 Å². The zero-order valence-corrected chi connectivity index (χ0v) is 10.2. The Morgan fingerprint density at radius 1 is 0.929 bits per heavy atom. The van der Waals surface area contributed by atoms with Gasteiger partial charge in [-0.2, -0.15) is 29.8 Å². The quantitative estimate of drug-likeness (QED) is 0.542. The molecule has 0 aromatic heterocycles. The predicted molar refractivity (Wildman–Crippen MR) is 53.5 cm³/mol. The minimum atomic E-state index is 0. The normalized spacial score (nSPS) is 11.4. The van der Waals surface area contributed by atoms with Crippen LogP contribution in [0.15, 0.2) is 42.5 Å². The van der Waals surface area contributed by atoms with Gasteiger partial charge in [-0.25, -0.2) is 0 Å². The molecule has 66 valence electrons. The molecule has 0 nitrogen and oxygen atoms in total. The first kappa shape index (κ1) is 9.86. The first-order chi connectivity index (χ1) is 6.45. The van der Waals surface area contributed by atoms with Crippen molar-refractivity contribution < 1.29 is 26.2 Å². The van der Waals surface area contributed by atoms with Crippen molar-refractivity contribution in [3.8, 4) is 11.1 Å². The van der Waals surface area contributed by atoms with Crippen LogP contribution in [0, 0.1) is 6.07 Å². The number of fused-ring (bicyclic) bond motifs is 3. The Kier molecular flexibility index (Phi) is 2.69. The molecule has 0 fully saturated rings. The molecule has 1 heteroatoms. The molecule has 3 rings (SSSR count). The molecular formula is C13H9Zr-. The molecule has 1 aliphatic rings. The van der Waals surface area contributed by atoms with Crippen molar-refractivity contribution in [1.29, 1.82) is 0 Å². The summed E-state index contributed by atoms with van der Waals surface area (Å²) >= 11 is 0. The van der Waals surface area contributed by atoms with Crippen molar-refractivity contribution in [3.05, 3.63) is 59.7 Å². The smallest absolute Gasteiger partial charge is 0 e. The van der Waals surface area contributed by atoms with Gasteiger partial charge in [-0.3, -0.25) is 0 Å². The topological polar surface area (TPSA) is 0 Å². The molecule has 0 radical (unpaired) electrons. The summed E-state index contributed by atoms with van der Waals surface area (Å²) in [6.07, 6.45) is 1.05. The average molecular weight is 256 g/mol. The Bertz CT molecular complexity index is 417. The summed E-state index contributed by atoms with van der Waals surface area (Å²) in [6.45, 7) is 0. The van der Waals surface area contributed by atoms with Gasteiger partial charge in [0.2, 0.25) is 0 Å². The zero-order valence-electron chi connectivity index (χ0n) is 7.75. The molecule has 14 heavy (non-hydrogen) atoms. The molecule has 0 spiro atoms. The summed E-state index contributed by atoms with van der Waals surface area (Å²) in [4.78, 5) is 0. The maximum atomic E-state index is 3.30. The molecule has 0 aliphatic heterocycles. The second-order valence-corrected chi connectivity index (χ2v) is 3.40. The fourth-order valence-electron chi connectivity index (χ4n) is 2.00. The van der Waals surface area contributed by atoms with E-state index in [-0.39, 0.29) is 26.2 Å². The van der Waals surface area contributed by atoms with Crippen LogP contribution in [0.5, 0.6) is 0 Å². The largest absolute Gasteiger partial charge is 0.179 e. The van der Waals surface area contributed by atoms with E-state index in [2.05, 4.69) is 42.5 Å². The third kappa shape index (κ3) is 1.40. The van der Waals surface area contributed by atoms with E-state index in [0.717, 1.165) is 6.42 Å². The minimum absolute atomic E-state index is 0. The van der Waals surface area contributed by atoms with Crippen LogP contribution in [0.3, 0.4) is 0 Å². The molecular weight excluding hydrogens is 247 g/mol. The van der Waals surface area contributed by atoms with Crippen molar-refractivity contribution in [1.82, 2.24) is 0 Å². The third-order valence-electron chi connectivity index (χ3n) is 2.62. The van der Waals surface area contributed by atoms with E-state index in [4.69, 9.17) is 0 Å². The Hall–Kier alpha value is -0.677. The summed E-state index contributed by atoms with van der Waals surface area (Å²) < 4.78 is 0. The number of hydrogen-bond acceptors (Lipinski definition) is 0. The maximum Gasteiger partial charge on any atom is 0 e. The van der Waals surface area contributed by atoms with Crippen LogP contribution in [0.4, 0.5) is 0 Å². The van der Waals surface area contributed by atoms with E-state index >= 15 is 0 Å². The molecule has 0 unspecified atom stereocenters. The average Bonchev–Trinajstić information content (AvgIpc) is 2.56. The van der Waals surface area contributed by atoms with Crippen molar-refractivity contribution >= 4 is 0 Å². The van der Waals surface area contributed by atoms with Crippen LogP contribution in [0.1, 0.15) is 11.1 Å². The van der Waals surface area contributed by atoms with Gasteiger partial charge in [0.1, 0.15) is 0 Å². The Morgan fingerprint density at radius 2 is 1.71 bits per heavy atom. The van der Waals surface area contributed by atoms with Gasteiger partial charge in [0.25, 0.3) is 0 Å². The number of benzene rings is 2. The van der Waals surface area contributed by atoms with Crippen molar-refractivity contribution in [2.45, 2.75) is 6.42 Å². The fraction of sp³-hybridized carbons (Fsp3) is 0.0769. The van der Waals surface area contributed by atoms with Gasteiger partial charge in [-0.1, -0.05) is 35.4 Å². The second kappa shape index (κ2) is 3.83. The van der Waals surface area contributed by atoms with Crippen LogP contribution in [0.2, 0.25) is 0 Å². The summed E-state index contributed by atoms with van der Waals surface area (Å²) in [7, 11) is 0. The van der Waals surface area contributed by atoms with Crippen LogP contribution in [-0.4, -0.2) is 0 Å². The second-order valence-electron chi connectivity index (χ2n) is 3.40. The number of rotatable bonds is 0. The SMILES string of the molecule is [Zr].[c-]1cccc2c1Cc1ccccc1-2. The molecule has 0 saturated heterocycles. The molecule has 2 aromatic rings. The molecule has 0 amide bonds. The molecule has 0 heterocycles. The summed E-state index contributed by atoms with van der Waals surface area (Å²) in [5, 5.41) is 0. The Balaban J connectivity index is 0.000000750. The van der Waals surface area contributed by atoms with Crippen LogP contribution >= 0.6 is 0 Å². The van der Waals surface area contributed by atoms with E-state index in [1.54, 1.807) is 0 Å². The molecule has 0 N–H and O–H groups in total. The minimum Gasteiger partial charge on any atom is -0.179 e. The predicted octanol–water partition coefficient (Wildman–Crippen LogP) is 3.06. The first-order valence-corrected chi connectivity index (χ1v) is 4.53. The fourth-order valence-corrected chi connectivity index (χ4v) is 2.00. The van der Waals surface area contributed by atoms with Gasteiger partial charge in [-0.05, 0) is 6.42 Å². The zero-order chi connectivity index (χ0) is 8.67. The molecule has 0 atom stereocenters. The molecule has 1 aliphatic carbocycles. The standard InChI is InChI=1S/C13H9.Zr/c1-3-7-12-10(5-1)9-11-6-2-4-8-13(11)12;/h1-5,7-8H,9H2;/q-1;. The van der Waals surface area contributed by atoms with Gasteiger partial charge in [0, 0.05) is 26.2 Å². The van der Waals surface area contributed by atoms with Gasteiger partial charge in [0.15, 0.2) is 0 Å². The van der Waals surface area contributed by atoms with E-state index in [1.165, 1.54) is 22.3 Å². The van der Waals surface area contributed by atoms with Crippen molar-refractivity contribution in [2.24, 2.45) is 0 Å². The maximum absolute atomic E-state index is 3.30. The third-order valence-corrected chi connectivity index (χ3v) is 2.62. The Morgan fingerprint density at radius 3 is 2.64 bits per heavy atom. The first-order valence-electron chi connectivity index (χ1n) is 4.53. The van der Waals surface area contributed by atoms with Gasteiger partial charge < -0.3 is 0 Å². The van der Waals surface area contributed by atoms with E-state index < -0.39 is 0 Å². The summed E-state index contributed by atoms with van der Waals surface area (Å²) in [6, 6.07) is 18.1. The van der Waals surface area contributed by atoms with E-state index in [1.807, 2.05) is 6.07 Å². The van der Waals surface area contributed by atoms with E-state index in [9.17, 15) is 0 Å². The molecule has 0 saturated carbocycles. The molecule has 0 bridgehead atoms. The van der Waals surface area contributed by atoms with Crippen LogP contribution in [0.25, 0.3) is 11.1 Å². The summed E-state index contributed by atoms with van der Waals surface area (Å²) in [5.41, 5.74) is 5.51. The van der Waals surface area contributed by atoms with Crippen LogP contribution < -0.4 is 0 Å². The Labute approximate surface area is 103 Å². The van der Waals surface area contributed by atoms with E-state index in [0.29, 0.717) is 0 Å². The van der Waals surface area contributed by atoms with Crippen molar-refractivity contribution in [2.75, 3.05) is 0 Å². The molecule has 2 aromatic carbocycles. The number of hydrogen-bond donors (Lipinski definition) is 0. The van der Waals surface area contributed by atoms with Crippen LogP contribution in [-0.2, 0) is 32.6 Å². The van der Waals surface area contributed by atoms with Crippen molar-refractivity contribution in [3.63, 3.8) is 0 Å². The monoisotopic (exact) mass is 255 g/mol. The summed E-state index contributed by atoms with van der Waals surface area (Å²) in [5.74, 6) is 0.